The van der Waals surface area contributed by atoms with Crippen LogP contribution in [-0.4, -0.2) is 42.1 Å². The van der Waals surface area contributed by atoms with Crippen molar-refractivity contribution in [3.8, 4) is 0 Å². The predicted molar refractivity (Wildman–Crippen MR) is 109 cm³/mol. The van der Waals surface area contributed by atoms with E-state index in [0.29, 0.717) is 19.0 Å². The summed E-state index contributed by atoms with van der Waals surface area (Å²) in [5, 5.41) is 3.94. The van der Waals surface area contributed by atoms with Crippen molar-refractivity contribution in [2.45, 2.75) is 19.9 Å². The maximum absolute atomic E-state index is 12.6. The number of aryl methyl sites for hydroxylation is 1. The highest BCUT2D eigenvalue weighted by Crippen LogP contribution is 2.42. The number of nitrogens with zero attached hydrogens (tertiary/aromatic N) is 2. The molecular weight excluding hydrogens is 374 g/mol. The molecule has 1 atom stereocenters. The first-order valence-corrected chi connectivity index (χ1v) is 10.1. The number of rotatable bonds is 5. The molecule has 1 amide bonds. The summed E-state index contributed by atoms with van der Waals surface area (Å²) in [5.41, 5.74) is 3.50. The van der Waals surface area contributed by atoms with Gasteiger partial charge in [0.25, 0.3) is 5.91 Å². The highest BCUT2D eigenvalue weighted by molar-refractivity contribution is 7.16. The summed E-state index contributed by atoms with van der Waals surface area (Å²) in [4.78, 5) is 20.4. The number of ether oxygens (including phenoxy) is 1. The summed E-state index contributed by atoms with van der Waals surface area (Å²) in [7, 11) is 0. The van der Waals surface area contributed by atoms with Crippen LogP contribution in [0, 0.1) is 13.8 Å². The van der Waals surface area contributed by atoms with Crippen LogP contribution >= 0.6 is 11.3 Å². The summed E-state index contributed by atoms with van der Waals surface area (Å²) in [5.74, 6) is 0.0736. The fraction of sp³-hybridized carbons (Fsp3) is 0.333. The van der Waals surface area contributed by atoms with Crippen LogP contribution in [0.4, 0.5) is 5.00 Å². The fourth-order valence-corrected chi connectivity index (χ4v) is 4.67. The number of nitrogens with one attached hydrogen (secondary N) is 1. The fourth-order valence-electron chi connectivity index (χ4n) is 3.58. The first-order chi connectivity index (χ1) is 13.6. The molecule has 0 unspecified atom stereocenters. The highest BCUT2D eigenvalue weighted by atomic mass is 32.1. The zero-order valence-electron chi connectivity index (χ0n) is 16.0. The average molecular weight is 398 g/mol. The molecule has 0 aliphatic carbocycles. The minimum absolute atomic E-state index is 0.0313. The molecule has 0 bridgehead atoms. The SMILES string of the molecule is Cc1sc(NC(=O)c2ccco2)c([C@H](c2ccncc2)N2CCOCC2)c1C. The third kappa shape index (κ3) is 3.73. The summed E-state index contributed by atoms with van der Waals surface area (Å²) < 4.78 is 10.8. The molecule has 1 aliphatic heterocycles. The number of pyridine rings is 1. The molecule has 146 valence electrons. The standard InChI is InChI=1S/C21H23N3O3S/c1-14-15(2)28-21(23-20(25)17-4-3-11-27-17)18(14)19(16-5-7-22-8-6-16)24-9-12-26-13-10-24/h3-8,11,19H,9-10,12-13H2,1-2H3,(H,23,25)/t19-/m0/s1. The molecule has 1 saturated heterocycles. The number of carbonyl (C=O) groups excluding carboxylic acids is 1. The first kappa shape index (κ1) is 18.9. The van der Waals surface area contributed by atoms with Gasteiger partial charge >= 0.3 is 0 Å². The van der Waals surface area contributed by atoms with Crippen LogP contribution in [0.2, 0.25) is 0 Å². The molecule has 28 heavy (non-hydrogen) atoms. The second kappa shape index (κ2) is 8.26. The van der Waals surface area contributed by atoms with E-state index in [1.54, 1.807) is 23.5 Å². The van der Waals surface area contributed by atoms with Crippen LogP contribution in [0.25, 0.3) is 0 Å². The van der Waals surface area contributed by atoms with Crippen LogP contribution in [0.1, 0.15) is 38.2 Å². The Labute approximate surface area is 168 Å². The van der Waals surface area contributed by atoms with Crippen LogP contribution in [-0.2, 0) is 4.74 Å². The Balaban J connectivity index is 1.76. The minimum atomic E-state index is -0.233. The van der Waals surface area contributed by atoms with Gasteiger partial charge in [0.1, 0.15) is 5.00 Å². The van der Waals surface area contributed by atoms with E-state index >= 15 is 0 Å². The number of thiophene rings is 1. The van der Waals surface area contributed by atoms with Crippen molar-refractivity contribution in [1.82, 2.24) is 9.88 Å². The Morgan fingerprint density at radius 3 is 2.64 bits per heavy atom. The lowest BCUT2D eigenvalue weighted by Crippen LogP contribution is -2.39. The number of furan rings is 1. The second-order valence-electron chi connectivity index (χ2n) is 6.79. The van der Waals surface area contributed by atoms with Crippen molar-refractivity contribution < 1.29 is 13.9 Å². The predicted octanol–water partition coefficient (Wildman–Crippen LogP) is 4.03. The van der Waals surface area contributed by atoms with Gasteiger partial charge in [0.05, 0.1) is 25.5 Å². The third-order valence-corrected chi connectivity index (χ3v) is 6.25. The molecule has 4 heterocycles. The third-order valence-electron chi connectivity index (χ3n) is 5.11. The molecular formula is C21H23N3O3S. The van der Waals surface area contributed by atoms with E-state index in [1.807, 2.05) is 24.5 Å². The van der Waals surface area contributed by atoms with Crippen molar-refractivity contribution in [2.75, 3.05) is 31.6 Å². The van der Waals surface area contributed by atoms with Crippen LogP contribution in [0.5, 0.6) is 0 Å². The Bertz CT molecular complexity index is 931. The van der Waals surface area contributed by atoms with Gasteiger partial charge in [0.15, 0.2) is 5.76 Å². The van der Waals surface area contributed by atoms with E-state index in [1.165, 1.54) is 16.7 Å². The van der Waals surface area contributed by atoms with E-state index in [2.05, 4.69) is 29.0 Å². The quantitative estimate of drug-likeness (QED) is 0.704. The second-order valence-corrected chi connectivity index (χ2v) is 8.01. The highest BCUT2D eigenvalue weighted by Gasteiger charge is 2.30. The number of amides is 1. The lowest BCUT2D eigenvalue weighted by atomic mass is 9.95. The Morgan fingerprint density at radius 2 is 1.96 bits per heavy atom. The van der Waals surface area contributed by atoms with Crippen molar-refractivity contribution >= 4 is 22.2 Å². The topological polar surface area (TPSA) is 67.6 Å². The molecule has 0 spiro atoms. The van der Waals surface area contributed by atoms with Gasteiger partial charge in [-0.1, -0.05) is 0 Å². The van der Waals surface area contributed by atoms with Gasteiger partial charge in [-0.05, 0) is 49.2 Å². The van der Waals surface area contributed by atoms with Gasteiger partial charge in [0, 0.05) is 35.9 Å². The Morgan fingerprint density at radius 1 is 1.21 bits per heavy atom. The molecule has 1 N–H and O–H groups in total. The lowest BCUT2D eigenvalue weighted by molar-refractivity contribution is 0.0240. The molecule has 1 fully saturated rings. The van der Waals surface area contributed by atoms with Crippen LogP contribution in [0.3, 0.4) is 0 Å². The van der Waals surface area contributed by atoms with E-state index < -0.39 is 0 Å². The normalized spacial score (nSPS) is 16.1. The maximum Gasteiger partial charge on any atom is 0.291 e. The van der Waals surface area contributed by atoms with Gasteiger partial charge in [-0.2, -0.15) is 0 Å². The minimum Gasteiger partial charge on any atom is -0.459 e. The number of aromatic nitrogens is 1. The van der Waals surface area contributed by atoms with E-state index in [9.17, 15) is 4.79 Å². The van der Waals surface area contributed by atoms with Crippen LogP contribution in [0.15, 0.2) is 47.3 Å². The average Bonchev–Trinajstić information content (AvgIpc) is 3.35. The van der Waals surface area contributed by atoms with Gasteiger partial charge in [-0.15, -0.1) is 11.3 Å². The van der Waals surface area contributed by atoms with Gasteiger partial charge < -0.3 is 14.5 Å². The molecule has 0 aromatic carbocycles. The number of anilines is 1. The van der Waals surface area contributed by atoms with Gasteiger partial charge in [-0.3, -0.25) is 14.7 Å². The van der Waals surface area contributed by atoms with E-state index in [4.69, 9.17) is 9.15 Å². The van der Waals surface area contributed by atoms with E-state index in [-0.39, 0.29) is 11.9 Å². The first-order valence-electron chi connectivity index (χ1n) is 9.31. The summed E-state index contributed by atoms with van der Waals surface area (Å²) in [6, 6.07) is 7.51. The molecule has 3 aromatic heterocycles. The van der Waals surface area contributed by atoms with Crippen molar-refractivity contribution in [3.05, 3.63) is 70.3 Å². The molecule has 1 aliphatic rings. The molecule has 4 rings (SSSR count). The molecule has 7 heteroatoms. The largest absolute Gasteiger partial charge is 0.459 e. The molecule has 0 radical (unpaired) electrons. The summed E-state index contributed by atoms with van der Waals surface area (Å²) >= 11 is 1.61. The number of morpholine rings is 1. The Hall–Kier alpha value is -2.48. The van der Waals surface area contributed by atoms with Crippen molar-refractivity contribution in [1.29, 1.82) is 0 Å². The zero-order chi connectivity index (χ0) is 19.5. The molecule has 6 nitrogen and oxygen atoms in total. The van der Waals surface area contributed by atoms with Gasteiger partial charge in [0.2, 0.25) is 0 Å². The number of hydrogen-bond acceptors (Lipinski definition) is 6. The summed E-state index contributed by atoms with van der Waals surface area (Å²) in [6.45, 7) is 7.31. The van der Waals surface area contributed by atoms with E-state index in [0.717, 1.165) is 29.2 Å². The smallest absolute Gasteiger partial charge is 0.291 e. The number of carbonyl (C=O) groups is 1. The molecule has 0 saturated carbocycles. The van der Waals surface area contributed by atoms with Crippen molar-refractivity contribution in [3.63, 3.8) is 0 Å². The molecule has 3 aromatic rings. The number of hydrogen-bond donors (Lipinski definition) is 1. The summed E-state index contributed by atoms with van der Waals surface area (Å²) in [6.07, 6.45) is 5.14. The zero-order valence-corrected chi connectivity index (χ0v) is 16.8. The Kier molecular flexibility index (Phi) is 5.57. The maximum atomic E-state index is 12.6. The lowest BCUT2D eigenvalue weighted by Gasteiger charge is -2.35. The van der Waals surface area contributed by atoms with Gasteiger partial charge in [-0.25, -0.2) is 0 Å². The van der Waals surface area contributed by atoms with Crippen LogP contribution < -0.4 is 5.32 Å². The van der Waals surface area contributed by atoms with Crippen molar-refractivity contribution in [2.24, 2.45) is 0 Å². The monoisotopic (exact) mass is 397 g/mol.